The van der Waals surface area contributed by atoms with Crippen LogP contribution in [0, 0.1) is 24.1 Å². The number of hydrogen-bond acceptors (Lipinski definition) is 3. The van der Waals surface area contributed by atoms with Crippen molar-refractivity contribution in [2.24, 2.45) is 0 Å². The Kier molecular flexibility index (Phi) is 10.0. The lowest BCUT2D eigenvalue weighted by atomic mass is 9.98. The molecule has 0 bridgehead atoms. The Bertz CT molecular complexity index is 1410. The molecule has 1 unspecified atom stereocenters. The van der Waals surface area contributed by atoms with E-state index in [2.05, 4.69) is 19.1 Å². The molecule has 1 fully saturated rings. The highest BCUT2D eigenvalue weighted by molar-refractivity contribution is 5.75. The van der Waals surface area contributed by atoms with Gasteiger partial charge in [-0.3, -0.25) is 0 Å². The van der Waals surface area contributed by atoms with Crippen LogP contribution in [0.5, 0.6) is 0 Å². The van der Waals surface area contributed by atoms with Crippen molar-refractivity contribution in [1.82, 2.24) is 9.80 Å². The minimum atomic E-state index is -0.689. The van der Waals surface area contributed by atoms with Crippen LogP contribution >= 0.6 is 0 Å². The van der Waals surface area contributed by atoms with Gasteiger partial charge in [0.25, 0.3) is 0 Å². The molecule has 1 heterocycles. The second kappa shape index (κ2) is 14.1. The number of carbonyl (C=O) groups excluding carboxylic acids is 1. The number of rotatable bonds is 6. The molecule has 6 heteroatoms. The van der Waals surface area contributed by atoms with Crippen LogP contribution in [0.25, 0.3) is 0 Å². The monoisotopic (exact) mass is 535 g/mol. The Labute approximate surface area is 235 Å². The van der Waals surface area contributed by atoms with E-state index < -0.39 is 11.9 Å². The van der Waals surface area contributed by atoms with Crippen LogP contribution in [-0.4, -0.2) is 39.6 Å². The number of benzene rings is 4. The van der Waals surface area contributed by atoms with Crippen molar-refractivity contribution in [3.63, 3.8) is 0 Å². The fourth-order valence-electron chi connectivity index (χ4n) is 4.83. The van der Waals surface area contributed by atoms with Gasteiger partial charge in [0.15, 0.2) is 0 Å². The maximum atomic E-state index is 13.8. The Hall–Kier alpha value is -4.47. The molecule has 1 N–H and O–H groups in total. The smallest absolute Gasteiger partial charge is 0.320 e. The van der Waals surface area contributed by atoms with Crippen LogP contribution in [0.3, 0.4) is 0 Å². The maximum absolute atomic E-state index is 13.8. The summed E-state index contributed by atoms with van der Waals surface area (Å²) in [6.07, 6.45) is 0.287. The number of halogens is 1. The first-order valence-electron chi connectivity index (χ1n) is 13.5. The summed E-state index contributed by atoms with van der Waals surface area (Å²) in [6, 6.07) is 35.5. The number of amides is 2. The molecule has 4 aromatic rings. The lowest BCUT2D eigenvalue weighted by molar-refractivity contribution is 0.0679. The van der Waals surface area contributed by atoms with Crippen molar-refractivity contribution in [3.05, 3.63) is 143 Å². The molecular formula is C34H34FN3O2. The molecule has 0 radical (unpaired) electrons. The third kappa shape index (κ3) is 7.78. The Morgan fingerprint density at radius 1 is 0.850 bits per heavy atom. The highest BCUT2D eigenvalue weighted by atomic mass is 19.1. The van der Waals surface area contributed by atoms with Crippen molar-refractivity contribution in [2.75, 3.05) is 6.54 Å². The van der Waals surface area contributed by atoms with Gasteiger partial charge in [-0.1, -0.05) is 103 Å². The van der Waals surface area contributed by atoms with E-state index in [-0.39, 0.29) is 24.2 Å². The van der Waals surface area contributed by atoms with E-state index >= 15 is 0 Å². The van der Waals surface area contributed by atoms with Crippen molar-refractivity contribution >= 4 is 6.03 Å². The number of hydrogen-bond donors (Lipinski definition) is 1. The first-order chi connectivity index (χ1) is 19.4. The van der Waals surface area contributed by atoms with Crippen molar-refractivity contribution in [3.8, 4) is 6.07 Å². The number of carbonyl (C=O) groups is 1. The molecule has 0 spiro atoms. The topological polar surface area (TPSA) is 67.6 Å². The number of aryl methyl sites for hydroxylation is 1. The standard InChI is InChI=1S/C27H26FN3O2.C7H8/c28-24-12-11-22(15-23(24)17-29)18-30-14-13-26(32)25(16-20-7-3-1-4-8-20)31(27(30)33)19-21-9-5-2-6-10-21;1-7-5-3-2-4-6-7/h1-12,15,25-26,32H,13-14,16,18-19H2;2-6H,1H3/t25?,26-;/m1./s1. The van der Waals surface area contributed by atoms with Gasteiger partial charge in [-0.15, -0.1) is 0 Å². The number of aliphatic hydroxyl groups excluding tert-OH is 1. The quantitative estimate of drug-likeness (QED) is 0.307. The molecule has 5 rings (SSSR count). The molecule has 40 heavy (non-hydrogen) atoms. The van der Waals surface area contributed by atoms with Crippen LogP contribution in [0.1, 0.15) is 34.2 Å². The van der Waals surface area contributed by atoms with Gasteiger partial charge in [0, 0.05) is 19.6 Å². The minimum Gasteiger partial charge on any atom is -0.391 e. The third-order valence-corrected chi connectivity index (χ3v) is 7.00. The summed E-state index contributed by atoms with van der Waals surface area (Å²) in [6.45, 7) is 3.07. The van der Waals surface area contributed by atoms with Crippen LogP contribution in [0.2, 0.25) is 0 Å². The van der Waals surface area contributed by atoms with Gasteiger partial charge >= 0.3 is 6.03 Å². The molecule has 1 saturated heterocycles. The Balaban J connectivity index is 0.000000461. The third-order valence-electron chi connectivity index (χ3n) is 7.00. The molecule has 2 atom stereocenters. The SMILES string of the molecule is Cc1ccccc1.N#Cc1cc(CN2CC[C@@H](O)C(Cc3ccccc3)N(Cc3ccccc3)C2=O)ccc1F. The fraction of sp³-hybridized carbons (Fsp3) is 0.235. The van der Waals surface area contributed by atoms with E-state index in [0.717, 1.165) is 11.1 Å². The van der Waals surface area contributed by atoms with Crippen molar-refractivity contribution < 1.29 is 14.3 Å². The summed E-state index contributed by atoms with van der Waals surface area (Å²) in [7, 11) is 0. The molecule has 2 amide bonds. The van der Waals surface area contributed by atoms with Crippen LogP contribution in [-0.2, 0) is 19.5 Å². The molecule has 0 saturated carbocycles. The minimum absolute atomic E-state index is 0.0436. The zero-order valence-corrected chi connectivity index (χ0v) is 22.7. The molecule has 1 aliphatic heterocycles. The van der Waals surface area contributed by atoms with Gasteiger partial charge in [0.2, 0.25) is 0 Å². The van der Waals surface area contributed by atoms with E-state index in [1.165, 1.54) is 17.7 Å². The van der Waals surface area contributed by atoms with Gasteiger partial charge in [-0.05, 0) is 48.6 Å². The number of urea groups is 1. The van der Waals surface area contributed by atoms with E-state index in [9.17, 15) is 14.3 Å². The molecule has 1 aliphatic rings. The molecule has 204 valence electrons. The van der Waals surface area contributed by atoms with Gasteiger partial charge in [0.1, 0.15) is 11.9 Å². The summed E-state index contributed by atoms with van der Waals surface area (Å²) in [4.78, 5) is 17.1. The van der Waals surface area contributed by atoms with Gasteiger partial charge in [-0.25, -0.2) is 9.18 Å². The Morgan fingerprint density at radius 3 is 2.02 bits per heavy atom. The summed E-state index contributed by atoms with van der Waals surface area (Å²) in [5.41, 5.74) is 3.99. The summed E-state index contributed by atoms with van der Waals surface area (Å²) in [5.74, 6) is -0.576. The maximum Gasteiger partial charge on any atom is 0.320 e. The molecule has 0 aliphatic carbocycles. The zero-order valence-electron chi connectivity index (χ0n) is 22.7. The van der Waals surface area contributed by atoms with E-state index in [0.29, 0.717) is 31.5 Å². The fourth-order valence-corrected chi connectivity index (χ4v) is 4.83. The normalized spacial score (nSPS) is 16.9. The van der Waals surface area contributed by atoms with Crippen LogP contribution < -0.4 is 0 Å². The van der Waals surface area contributed by atoms with Gasteiger partial charge < -0.3 is 14.9 Å². The first kappa shape index (κ1) is 28.5. The van der Waals surface area contributed by atoms with Gasteiger partial charge in [-0.2, -0.15) is 5.26 Å². The average Bonchev–Trinajstić information content (AvgIpc) is 3.08. The highest BCUT2D eigenvalue weighted by Gasteiger charge is 2.36. The predicted octanol–water partition coefficient (Wildman–Crippen LogP) is 6.49. The second-order valence-electron chi connectivity index (χ2n) is 10.0. The van der Waals surface area contributed by atoms with Gasteiger partial charge in [0.05, 0.1) is 17.7 Å². The van der Waals surface area contributed by atoms with E-state index in [1.807, 2.05) is 84.9 Å². The van der Waals surface area contributed by atoms with Crippen molar-refractivity contribution in [2.45, 2.75) is 45.0 Å². The van der Waals surface area contributed by atoms with Crippen LogP contribution in [0.4, 0.5) is 9.18 Å². The number of nitrogens with zero attached hydrogens (tertiary/aromatic N) is 3. The molecule has 5 nitrogen and oxygen atoms in total. The predicted molar refractivity (Wildman–Crippen MR) is 155 cm³/mol. The van der Waals surface area contributed by atoms with Crippen molar-refractivity contribution in [1.29, 1.82) is 5.26 Å². The highest BCUT2D eigenvalue weighted by Crippen LogP contribution is 2.25. The average molecular weight is 536 g/mol. The molecule has 0 aromatic heterocycles. The molecular weight excluding hydrogens is 501 g/mol. The van der Waals surface area contributed by atoms with E-state index in [1.54, 1.807) is 15.9 Å². The summed E-state index contributed by atoms with van der Waals surface area (Å²) in [5, 5.41) is 20.2. The number of aliphatic hydroxyl groups is 1. The van der Waals surface area contributed by atoms with Crippen LogP contribution in [0.15, 0.2) is 109 Å². The Morgan fingerprint density at radius 2 is 1.45 bits per heavy atom. The van der Waals surface area contributed by atoms with E-state index in [4.69, 9.17) is 5.26 Å². The first-order valence-corrected chi connectivity index (χ1v) is 13.5. The molecule has 4 aromatic carbocycles. The lowest BCUT2D eigenvalue weighted by Gasteiger charge is -2.34. The number of nitriles is 1. The second-order valence-corrected chi connectivity index (χ2v) is 10.0. The largest absolute Gasteiger partial charge is 0.391 e. The summed E-state index contributed by atoms with van der Waals surface area (Å²) < 4.78 is 13.8. The summed E-state index contributed by atoms with van der Waals surface area (Å²) >= 11 is 0. The zero-order chi connectivity index (χ0) is 28.3. The lowest BCUT2D eigenvalue weighted by Crippen LogP contribution is -2.49.